The lowest BCUT2D eigenvalue weighted by atomic mass is 9.77. The number of thioether (sulfide) groups is 1. The van der Waals surface area contributed by atoms with Crippen LogP contribution in [0, 0.1) is 5.41 Å². The summed E-state index contributed by atoms with van der Waals surface area (Å²) in [4.78, 5) is 13.9. The van der Waals surface area contributed by atoms with Crippen molar-refractivity contribution in [3.05, 3.63) is 47.5 Å². The topological polar surface area (TPSA) is 51.2 Å². The summed E-state index contributed by atoms with van der Waals surface area (Å²) in [7, 11) is 1.57. The van der Waals surface area contributed by atoms with E-state index < -0.39 is 9.05 Å². The number of carbonyl (C=O) groups is 1. The molecule has 0 bridgehead atoms. The third kappa shape index (κ3) is 3.69. The molecule has 2 aliphatic carbocycles. The fourth-order valence-corrected chi connectivity index (χ4v) is 5.91. The van der Waals surface area contributed by atoms with Gasteiger partial charge in [0, 0.05) is 32.0 Å². The monoisotopic (exact) mass is 420 g/mol. The second kappa shape index (κ2) is 6.64. The molecule has 0 radical (unpaired) electrons. The Morgan fingerprint density at radius 3 is 2.19 bits per heavy atom. The highest BCUT2D eigenvalue weighted by Gasteiger charge is 2.30. The molecule has 0 saturated heterocycles. The lowest BCUT2D eigenvalue weighted by molar-refractivity contribution is 0.104. The number of rotatable bonds is 3. The van der Waals surface area contributed by atoms with Crippen molar-refractivity contribution in [3.63, 3.8) is 0 Å². The van der Waals surface area contributed by atoms with E-state index in [-0.39, 0.29) is 10.7 Å². The van der Waals surface area contributed by atoms with E-state index in [1.54, 1.807) is 6.07 Å². The van der Waals surface area contributed by atoms with Crippen LogP contribution in [0.5, 0.6) is 0 Å². The Kier molecular flexibility index (Phi) is 4.68. The van der Waals surface area contributed by atoms with Gasteiger partial charge in [0.15, 0.2) is 5.78 Å². The van der Waals surface area contributed by atoms with Gasteiger partial charge in [0.25, 0.3) is 9.05 Å². The largest absolute Gasteiger partial charge is 0.289 e. The minimum Gasteiger partial charge on any atom is -0.289 e. The van der Waals surface area contributed by atoms with Crippen LogP contribution < -0.4 is 0 Å². The Morgan fingerprint density at radius 2 is 1.56 bits per heavy atom. The molecule has 4 rings (SSSR count). The first kappa shape index (κ1) is 19.0. The van der Waals surface area contributed by atoms with Crippen LogP contribution in [0.3, 0.4) is 0 Å². The van der Waals surface area contributed by atoms with Gasteiger partial charge in [0.2, 0.25) is 0 Å². The third-order valence-corrected chi connectivity index (χ3v) is 8.31. The summed E-state index contributed by atoms with van der Waals surface area (Å²) in [6.07, 6.45) is 4.85. The lowest BCUT2D eigenvalue weighted by Gasteiger charge is -2.34. The standard InChI is InChI=1S/C21H21ClO3S2/c1-21(2)9-7-13(8-10-21)26-14-3-5-16-17-6-4-15(27(22,24)25)12-19(17)20(23)18(16)11-14/h3-6,11-13H,7-10H2,1-2H3. The number of fused-ring (bicyclic) bond motifs is 3. The van der Waals surface area contributed by atoms with E-state index in [1.165, 1.54) is 37.8 Å². The molecule has 0 atom stereocenters. The van der Waals surface area contributed by atoms with Gasteiger partial charge in [-0.25, -0.2) is 8.42 Å². The van der Waals surface area contributed by atoms with Gasteiger partial charge in [0.1, 0.15) is 0 Å². The predicted octanol–water partition coefficient (Wildman–Crippen LogP) is 5.89. The van der Waals surface area contributed by atoms with Crippen LogP contribution in [0.15, 0.2) is 46.2 Å². The van der Waals surface area contributed by atoms with Gasteiger partial charge in [-0.3, -0.25) is 4.79 Å². The van der Waals surface area contributed by atoms with E-state index in [0.29, 0.717) is 21.8 Å². The number of hydrogen-bond acceptors (Lipinski definition) is 4. The maximum absolute atomic E-state index is 12.8. The Labute approximate surface area is 168 Å². The van der Waals surface area contributed by atoms with E-state index in [2.05, 4.69) is 19.9 Å². The molecule has 0 heterocycles. The van der Waals surface area contributed by atoms with E-state index in [1.807, 2.05) is 23.9 Å². The normalized spacial score (nSPS) is 19.0. The molecule has 0 amide bonds. The van der Waals surface area contributed by atoms with E-state index >= 15 is 0 Å². The van der Waals surface area contributed by atoms with Gasteiger partial charge in [-0.1, -0.05) is 26.0 Å². The van der Waals surface area contributed by atoms with Gasteiger partial charge >= 0.3 is 0 Å². The molecule has 0 aliphatic heterocycles. The number of hydrogen-bond donors (Lipinski definition) is 0. The second-order valence-electron chi connectivity index (χ2n) is 8.16. The van der Waals surface area contributed by atoms with Gasteiger partial charge in [-0.2, -0.15) is 0 Å². The van der Waals surface area contributed by atoms with Crippen molar-refractivity contribution >= 4 is 37.3 Å². The van der Waals surface area contributed by atoms with Crippen molar-refractivity contribution in [2.75, 3.05) is 0 Å². The average molecular weight is 421 g/mol. The van der Waals surface area contributed by atoms with Gasteiger partial charge in [-0.15, -0.1) is 11.8 Å². The highest BCUT2D eigenvalue weighted by atomic mass is 35.7. The van der Waals surface area contributed by atoms with Crippen LogP contribution in [0.2, 0.25) is 0 Å². The van der Waals surface area contributed by atoms with Gasteiger partial charge in [-0.05, 0) is 66.5 Å². The van der Waals surface area contributed by atoms with Crippen molar-refractivity contribution in [1.29, 1.82) is 0 Å². The van der Waals surface area contributed by atoms with Crippen molar-refractivity contribution in [3.8, 4) is 11.1 Å². The van der Waals surface area contributed by atoms with Crippen LogP contribution >= 0.6 is 22.4 Å². The summed E-state index contributed by atoms with van der Waals surface area (Å²) in [6.45, 7) is 4.66. The van der Waals surface area contributed by atoms with Crippen molar-refractivity contribution < 1.29 is 13.2 Å². The number of halogens is 1. The Bertz CT molecular complexity index is 1030. The van der Waals surface area contributed by atoms with Gasteiger partial charge < -0.3 is 0 Å². The number of ketones is 1. The lowest BCUT2D eigenvalue weighted by Crippen LogP contribution is -2.22. The summed E-state index contributed by atoms with van der Waals surface area (Å²) in [5.74, 6) is -0.130. The third-order valence-electron chi connectivity index (χ3n) is 5.63. The van der Waals surface area contributed by atoms with Crippen LogP contribution in [0.25, 0.3) is 11.1 Å². The van der Waals surface area contributed by atoms with E-state index in [0.717, 1.165) is 16.0 Å². The number of benzene rings is 2. The fourth-order valence-electron chi connectivity index (χ4n) is 3.95. The van der Waals surface area contributed by atoms with Crippen molar-refractivity contribution in [2.24, 2.45) is 5.41 Å². The molecule has 2 aliphatic rings. The van der Waals surface area contributed by atoms with Gasteiger partial charge in [0.05, 0.1) is 4.90 Å². The molecule has 1 fully saturated rings. The molecule has 1 saturated carbocycles. The quantitative estimate of drug-likeness (QED) is 0.496. The number of carbonyl (C=O) groups excluding carboxylic acids is 1. The molecule has 2 aromatic rings. The summed E-state index contributed by atoms with van der Waals surface area (Å²) in [5, 5.41) is 0.586. The molecule has 27 heavy (non-hydrogen) atoms. The zero-order valence-corrected chi connectivity index (χ0v) is 17.7. The SMILES string of the molecule is CC1(C)CCC(Sc2ccc3c(c2)C(=O)c2cc(S(=O)(=O)Cl)ccc2-3)CC1. The van der Waals surface area contributed by atoms with Crippen LogP contribution in [0.4, 0.5) is 0 Å². The van der Waals surface area contributed by atoms with Crippen LogP contribution in [-0.2, 0) is 9.05 Å². The smallest absolute Gasteiger partial charge is 0.261 e. The molecule has 0 N–H and O–H groups in total. The molecular weight excluding hydrogens is 400 g/mol. The van der Waals surface area contributed by atoms with Crippen molar-refractivity contribution in [1.82, 2.24) is 0 Å². The molecule has 0 unspecified atom stereocenters. The molecule has 0 spiro atoms. The second-order valence-corrected chi connectivity index (χ2v) is 12.1. The average Bonchev–Trinajstić information content (AvgIpc) is 2.88. The first-order valence-corrected chi connectivity index (χ1v) is 12.3. The first-order chi connectivity index (χ1) is 12.6. The fraction of sp³-hybridized carbons (Fsp3) is 0.381. The molecular formula is C21H21ClO3S2. The summed E-state index contributed by atoms with van der Waals surface area (Å²) in [6, 6.07) is 10.5. The molecule has 2 aromatic carbocycles. The maximum Gasteiger partial charge on any atom is 0.261 e. The van der Waals surface area contributed by atoms with E-state index in [4.69, 9.17) is 10.7 Å². The minimum absolute atomic E-state index is 0.0384. The Balaban J connectivity index is 1.60. The maximum atomic E-state index is 12.8. The van der Waals surface area contributed by atoms with Crippen molar-refractivity contribution in [2.45, 2.75) is 54.6 Å². The van der Waals surface area contributed by atoms with Crippen LogP contribution in [-0.4, -0.2) is 19.5 Å². The van der Waals surface area contributed by atoms with E-state index in [9.17, 15) is 13.2 Å². The highest BCUT2D eigenvalue weighted by molar-refractivity contribution is 8.13. The molecule has 142 valence electrons. The Hall–Kier alpha value is -1.30. The molecule has 6 heteroatoms. The predicted molar refractivity (Wildman–Crippen MR) is 110 cm³/mol. The molecule has 0 aromatic heterocycles. The first-order valence-electron chi connectivity index (χ1n) is 9.09. The zero-order valence-electron chi connectivity index (χ0n) is 15.3. The summed E-state index contributed by atoms with van der Waals surface area (Å²) < 4.78 is 23.2. The van der Waals surface area contributed by atoms with Crippen LogP contribution in [0.1, 0.15) is 55.5 Å². The molecule has 3 nitrogen and oxygen atoms in total. The summed E-state index contributed by atoms with van der Waals surface area (Å²) >= 11 is 1.85. The summed E-state index contributed by atoms with van der Waals surface area (Å²) in [5.41, 5.74) is 3.13. The highest BCUT2D eigenvalue weighted by Crippen LogP contribution is 2.44. The Morgan fingerprint density at radius 1 is 0.963 bits per heavy atom. The minimum atomic E-state index is -3.86. The zero-order chi connectivity index (χ0) is 19.4.